The minimum Gasteiger partial charge on any atom is -0.490 e. The fourth-order valence-corrected chi connectivity index (χ4v) is 4.97. The second-order valence-corrected chi connectivity index (χ2v) is 10.4. The second-order valence-electron chi connectivity index (χ2n) is 9.34. The second kappa shape index (κ2) is 11.3. The number of nitriles is 1. The first-order chi connectivity index (χ1) is 18.2. The maximum atomic E-state index is 13.8. The summed E-state index contributed by atoms with van der Waals surface area (Å²) >= 11 is 1.11. The molecule has 0 saturated heterocycles. The summed E-state index contributed by atoms with van der Waals surface area (Å²) in [4.78, 5) is 27.1. The summed E-state index contributed by atoms with van der Waals surface area (Å²) in [7, 11) is 0. The topological polar surface area (TPSA) is 84.1 Å². The number of carbonyl (C=O) groups is 1. The van der Waals surface area contributed by atoms with Gasteiger partial charge < -0.3 is 10.1 Å². The zero-order valence-electron chi connectivity index (χ0n) is 22.0. The molecule has 1 amide bonds. The Morgan fingerprint density at radius 1 is 1.03 bits per heavy atom. The lowest BCUT2D eigenvalue weighted by atomic mass is 10.1. The van der Waals surface area contributed by atoms with Gasteiger partial charge in [0.05, 0.1) is 16.3 Å². The zero-order chi connectivity index (χ0) is 27.4. The highest BCUT2D eigenvalue weighted by atomic mass is 32.1. The van der Waals surface area contributed by atoms with Crippen LogP contribution in [0.25, 0.3) is 17.3 Å². The van der Waals surface area contributed by atoms with Crippen LogP contribution in [0.1, 0.15) is 36.1 Å². The first kappa shape index (κ1) is 26.6. The smallest absolute Gasteiger partial charge is 0.273 e. The van der Waals surface area contributed by atoms with E-state index in [1.54, 1.807) is 18.2 Å². The van der Waals surface area contributed by atoms with Crippen molar-refractivity contribution < 1.29 is 9.53 Å². The normalized spacial score (nSPS) is 12.3. The number of thiazole rings is 1. The number of para-hydroxylation sites is 1. The van der Waals surface area contributed by atoms with Crippen molar-refractivity contribution in [2.24, 2.45) is 0 Å². The Balaban J connectivity index is 1.98. The molecule has 4 rings (SSSR count). The molecular formula is C31H29N3O3S. The maximum Gasteiger partial charge on any atom is 0.273 e. The van der Waals surface area contributed by atoms with Gasteiger partial charge in [-0.1, -0.05) is 42.0 Å². The monoisotopic (exact) mass is 523 g/mol. The number of ether oxygens (including phenoxy) is 1. The molecule has 38 heavy (non-hydrogen) atoms. The molecule has 6 nitrogen and oxygen atoms in total. The van der Waals surface area contributed by atoms with Gasteiger partial charge in [0.15, 0.2) is 5.57 Å². The largest absolute Gasteiger partial charge is 0.490 e. The van der Waals surface area contributed by atoms with Crippen molar-refractivity contribution in [1.29, 1.82) is 5.26 Å². The molecule has 192 valence electrons. The van der Waals surface area contributed by atoms with Crippen molar-refractivity contribution >= 4 is 34.6 Å². The van der Waals surface area contributed by atoms with Crippen LogP contribution in [0.15, 0.2) is 71.5 Å². The van der Waals surface area contributed by atoms with Crippen molar-refractivity contribution in [1.82, 2.24) is 4.57 Å². The van der Waals surface area contributed by atoms with E-state index in [-0.39, 0.29) is 21.9 Å². The molecule has 0 saturated carbocycles. The highest BCUT2D eigenvalue weighted by Gasteiger charge is 2.18. The third-order valence-electron chi connectivity index (χ3n) is 6.00. The molecule has 0 aliphatic rings. The Kier molecular flexibility index (Phi) is 7.94. The summed E-state index contributed by atoms with van der Waals surface area (Å²) in [5.74, 6) is 0.0708. The summed E-state index contributed by atoms with van der Waals surface area (Å²) in [5.41, 5.74) is 4.56. The van der Waals surface area contributed by atoms with Gasteiger partial charge in [-0.2, -0.15) is 5.26 Å². The van der Waals surface area contributed by atoms with E-state index < -0.39 is 5.91 Å². The number of nitrogens with zero attached hydrogens (tertiary/aromatic N) is 2. The number of benzene rings is 3. The Hall–Kier alpha value is -4.41. The molecule has 0 bridgehead atoms. The van der Waals surface area contributed by atoms with Crippen LogP contribution >= 0.6 is 11.3 Å². The maximum absolute atomic E-state index is 13.8. The molecule has 1 aromatic heterocycles. The van der Waals surface area contributed by atoms with E-state index in [9.17, 15) is 14.9 Å². The van der Waals surface area contributed by atoms with Gasteiger partial charge in [-0.15, -0.1) is 11.3 Å². The van der Waals surface area contributed by atoms with E-state index in [4.69, 9.17) is 4.74 Å². The first-order valence-electron chi connectivity index (χ1n) is 12.3. The number of carbonyl (C=O) groups excluding carboxylic acids is 1. The van der Waals surface area contributed by atoms with Crippen LogP contribution in [-0.4, -0.2) is 16.6 Å². The average Bonchev–Trinajstić information content (AvgIpc) is 3.19. The van der Waals surface area contributed by atoms with Crippen molar-refractivity contribution in [2.45, 2.75) is 40.7 Å². The lowest BCUT2D eigenvalue weighted by Gasteiger charge is -2.11. The number of aromatic nitrogens is 1. The fraction of sp³-hybridized carbons (Fsp3) is 0.194. The molecule has 0 atom stereocenters. The van der Waals surface area contributed by atoms with E-state index in [0.717, 1.165) is 33.6 Å². The van der Waals surface area contributed by atoms with Crippen molar-refractivity contribution in [3.63, 3.8) is 0 Å². The summed E-state index contributed by atoms with van der Waals surface area (Å²) < 4.78 is 8.03. The van der Waals surface area contributed by atoms with E-state index in [2.05, 4.69) is 5.32 Å². The van der Waals surface area contributed by atoms with Gasteiger partial charge in [-0.3, -0.25) is 14.2 Å². The molecule has 0 spiro atoms. The molecule has 1 heterocycles. The van der Waals surface area contributed by atoms with Gasteiger partial charge in [0.25, 0.3) is 11.5 Å². The van der Waals surface area contributed by atoms with Crippen molar-refractivity contribution in [3.8, 4) is 17.5 Å². The third kappa shape index (κ3) is 5.77. The Morgan fingerprint density at radius 2 is 1.74 bits per heavy atom. The molecule has 3 aromatic carbocycles. The van der Waals surface area contributed by atoms with Gasteiger partial charge in [0, 0.05) is 11.3 Å². The van der Waals surface area contributed by atoms with Crippen molar-refractivity contribution in [3.05, 3.63) is 109 Å². The summed E-state index contributed by atoms with van der Waals surface area (Å²) in [5, 5.41) is 12.9. The highest BCUT2D eigenvalue weighted by Crippen LogP contribution is 2.20. The quantitative estimate of drug-likeness (QED) is 0.395. The first-order valence-corrected chi connectivity index (χ1v) is 13.1. The van der Waals surface area contributed by atoms with E-state index in [1.807, 2.05) is 95.3 Å². The number of hydrogen-bond donors (Lipinski definition) is 1. The number of nitrogens with one attached hydrogen (secondary N) is 1. The zero-order valence-corrected chi connectivity index (χ0v) is 22.8. The molecule has 7 heteroatoms. The molecule has 0 fully saturated rings. The SMILES string of the molecule is Cc1ccc(NC(=O)/C(C#N)=c2\s/c(=C/c3ccccc3OC(C)C)c(=O)n2-c2ccc(C)c(C)c2)cc1. The van der Waals surface area contributed by atoms with Crippen LogP contribution < -0.4 is 24.8 Å². The molecule has 0 aliphatic heterocycles. The lowest BCUT2D eigenvalue weighted by molar-refractivity contribution is -0.111. The van der Waals surface area contributed by atoms with E-state index in [1.165, 1.54) is 4.57 Å². The number of aryl methyl sites for hydroxylation is 3. The number of rotatable bonds is 6. The Bertz CT molecular complexity index is 1720. The molecule has 1 N–H and O–H groups in total. The molecule has 4 aromatic rings. The van der Waals surface area contributed by atoms with Crippen LogP contribution in [0.5, 0.6) is 5.75 Å². The van der Waals surface area contributed by atoms with E-state index >= 15 is 0 Å². The molecule has 0 unspecified atom stereocenters. The van der Waals surface area contributed by atoms with Gasteiger partial charge in [0.1, 0.15) is 16.5 Å². The third-order valence-corrected chi connectivity index (χ3v) is 7.10. The summed E-state index contributed by atoms with van der Waals surface area (Å²) in [6.07, 6.45) is 1.71. The number of amides is 1. The van der Waals surface area contributed by atoms with Crippen LogP contribution in [0.2, 0.25) is 0 Å². The van der Waals surface area contributed by atoms with Crippen LogP contribution in [0, 0.1) is 32.1 Å². The summed E-state index contributed by atoms with van der Waals surface area (Å²) in [6.45, 7) is 9.78. The minimum absolute atomic E-state index is 0.0420. The predicted octanol–water partition coefficient (Wildman–Crippen LogP) is 4.75. The standard InChI is InChI=1S/C31H29N3O3S/c1-19(2)37-27-9-7-6-8-23(27)17-28-30(36)34(25-15-12-21(4)22(5)16-25)31(38-28)26(18-32)29(35)33-24-13-10-20(3)11-14-24/h6-17,19H,1-5H3,(H,33,35)/b28-17+,31-26-. The number of anilines is 1. The molecule has 0 aliphatic carbocycles. The molecular weight excluding hydrogens is 494 g/mol. The highest BCUT2D eigenvalue weighted by molar-refractivity contribution is 7.07. The fourth-order valence-electron chi connectivity index (χ4n) is 3.88. The van der Waals surface area contributed by atoms with Gasteiger partial charge in [-0.25, -0.2) is 0 Å². The van der Waals surface area contributed by atoms with Crippen molar-refractivity contribution in [2.75, 3.05) is 5.32 Å². The predicted molar refractivity (Wildman–Crippen MR) is 153 cm³/mol. The number of hydrogen-bond acceptors (Lipinski definition) is 5. The van der Waals surface area contributed by atoms with Gasteiger partial charge in [0.2, 0.25) is 0 Å². The lowest BCUT2D eigenvalue weighted by Crippen LogP contribution is -2.32. The summed E-state index contributed by atoms with van der Waals surface area (Å²) in [6, 6.07) is 22.5. The Morgan fingerprint density at radius 3 is 2.39 bits per heavy atom. The minimum atomic E-state index is -0.578. The molecule has 0 radical (unpaired) electrons. The Labute approximate surface area is 225 Å². The van der Waals surface area contributed by atoms with E-state index in [0.29, 0.717) is 21.7 Å². The van der Waals surface area contributed by atoms with Crippen LogP contribution in [0.4, 0.5) is 5.69 Å². The average molecular weight is 524 g/mol. The van der Waals surface area contributed by atoms with Gasteiger partial charge in [-0.05, 0) is 82.2 Å². The van der Waals surface area contributed by atoms with Crippen LogP contribution in [-0.2, 0) is 4.79 Å². The van der Waals surface area contributed by atoms with Crippen LogP contribution in [0.3, 0.4) is 0 Å². The van der Waals surface area contributed by atoms with Gasteiger partial charge >= 0.3 is 0 Å².